The van der Waals surface area contributed by atoms with E-state index < -0.39 is 6.04 Å². The van der Waals surface area contributed by atoms with Crippen LogP contribution >= 0.6 is 15.9 Å². The molecule has 4 nitrogen and oxygen atoms in total. The molecule has 0 spiro atoms. The van der Waals surface area contributed by atoms with E-state index in [9.17, 15) is 9.59 Å². The molecule has 1 aromatic carbocycles. The highest BCUT2D eigenvalue weighted by Crippen LogP contribution is 2.17. The Morgan fingerprint density at radius 1 is 0.848 bits per heavy atom. The summed E-state index contributed by atoms with van der Waals surface area (Å²) < 4.78 is 6.22. The number of hydrogen-bond acceptors (Lipinski definition) is 3. The van der Waals surface area contributed by atoms with Gasteiger partial charge in [0.05, 0.1) is 12.2 Å². The van der Waals surface area contributed by atoms with Gasteiger partial charge in [-0.1, -0.05) is 110 Å². The number of rotatable bonds is 19. The maximum Gasteiger partial charge on any atom is 0.328 e. The normalized spacial score (nSPS) is 12.0. The van der Waals surface area contributed by atoms with Crippen LogP contribution < -0.4 is 5.32 Å². The van der Waals surface area contributed by atoms with Crippen LogP contribution in [0.5, 0.6) is 0 Å². The molecule has 0 bridgehead atoms. The molecule has 188 valence electrons. The molecule has 0 radical (unpaired) electrons. The molecule has 0 heterocycles. The minimum Gasteiger partial charge on any atom is -0.464 e. The number of benzene rings is 1. The molecule has 1 N–H and O–H groups in total. The Hall–Kier alpha value is -1.36. The van der Waals surface area contributed by atoms with Crippen molar-refractivity contribution in [3.05, 3.63) is 34.3 Å². The van der Waals surface area contributed by atoms with Crippen molar-refractivity contribution < 1.29 is 14.3 Å². The van der Waals surface area contributed by atoms with Gasteiger partial charge in [0.2, 0.25) is 0 Å². The maximum absolute atomic E-state index is 12.6. The van der Waals surface area contributed by atoms with Crippen LogP contribution in [0.25, 0.3) is 0 Å². The molecule has 0 aromatic heterocycles. The molecular formula is C28H46BrNO3. The van der Waals surface area contributed by atoms with E-state index in [-0.39, 0.29) is 17.8 Å². The Balaban J connectivity index is 2.17. The van der Waals surface area contributed by atoms with Gasteiger partial charge < -0.3 is 10.1 Å². The summed E-state index contributed by atoms with van der Waals surface area (Å²) in [7, 11) is 0. The minimum atomic E-state index is -0.619. The van der Waals surface area contributed by atoms with Crippen LogP contribution in [0.15, 0.2) is 28.7 Å². The van der Waals surface area contributed by atoms with E-state index in [1.807, 2.05) is 32.0 Å². The SMILES string of the molecule is CCCCCCCCCCCCCCCOC(=O)C(CC(C)C)NC(=O)c1ccccc1Br. The third kappa shape index (κ3) is 14.5. The molecule has 0 saturated carbocycles. The summed E-state index contributed by atoms with van der Waals surface area (Å²) in [6, 6.07) is 6.61. The highest BCUT2D eigenvalue weighted by Gasteiger charge is 2.24. The van der Waals surface area contributed by atoms with Gasteiger partial charge >= 0.3 is 5.97 Å². The number of halogens is 1. The fourth-order valence-corrected chi connectivity index (χ4v) is 4.42. The summed E-state index contributed by atoms with van der Waals surface area (Å²) >= 11 is 3.40. The highest BCUT2D eigenvalue weighted by molar-refractivity contribution is 9.10. The van der Waals surface area contributed by atoms with Crippen molar-refractivity contribution >= 4 is 27.8 Å². The zero-order valence-corrected chi connectivity index (χ0v) is 22.8. The van der Waals surface area contributed by atoms with E-state index in [0.29, 0.717) is 23.1 Å². The molecular weight excluding hydrogens is 478 g/mol. The number of nitrogens with one attached hydrogen (secondary N) is 1. The molecule has 0 fully saturated rings. The number of hydrogen-bond donors (Lipinski definition) is 1. The second-order valence-electron chi connectivity index (χ2n) is 9.55. The molecule has 0 aliphatic heterocycles. The predicted molar refractivity (Wildman–Crippen MR) is 142 cm³/mol. The molecule has 0 aliphatic rings. The van der Waals surface area contributed by atoms with Crippen LogP contribution in [0, 0.1) is 5.92 Å². The lowest BCUT2D eigenvalue weighted by Crippen LogP contribution is -2.43. The van der Waals surface area contributed by atoms with Gasteiger partial charge in [-0.15, -0.1) is 0 Å². The number of esters is 1. The van der Waals surface area contributed by atoms with Crippen molar-refractivity contribution in [1.29, 1.82) is 0 Å². The zero-order valence-electron chi connectivity index (χ0n) is 21.2. The molecule has 0 saturated heterocycles. The Morgan fingerprint density at radius 3 is 1.88 bits per heavy atom. The number of ether oxygens (including phenoxy) is 1. The first-order valence-electron chi connectivity index (χ1n) is 13.2. The predicted octanol–water partition coefficient (Wildman–Crippen LogP) is 8.23. The largest absolute Gasteiger partial charge is 0.464 e. The third-order valence-electron chi connectivity index (χ3n) is 5.91. The third-order valence-corrected chi connectivity index (χ3v) is 6.60. The molecule has 1 rings (SSSR count). The van der Waals surface area contributed by atoms with Crippen molar-refractivity contribution in [2.45, 2.75) is 117 Å². The van der Waals surface area contributed by atoms with Crippen molar-refractivity contribution in [2.75, 3.05) is 6.61 Å². The zero-order chi connectivity index (χ0) is 24.3. The van der Waals surface area contributed by atoms with Crippen LogP contribution in [-0.2, 0) is 9.53 Å². The second-order valence-corrected chi connectivity index (χ2v) is 10.4. The Bertz CT molecular complexity index is 662. The maximum atomic E-state index is 12.6. The van der Waals surface area contributed by atoms with Gasteiger partial charge in [-0.25, -0.2) is 4.79 Å². The summed E-state index contributed by atoms with van der Waals surface area (Å²) in [5, 5.41) is 2.86. The number of unbranched alkanes of at least 4 members (excludes halogenated alkanes) is 12. The van der Waals surface area contributed by atoms with Crippen molar-refractivity contribution in [1.82, 2.24) is 5.32 Å². The average molecular weight is 525 g/mol. The highest BCUT2D eigenvalue weighted by atomic mass is 79.9. The van der Waals surface area contributed by atoms with Gasteiger partial charge in [-0.05, 0) is 46.8 Å². The fraction of sp³-hybridized carbons (Fsp3) is 0.714. The van der Waals surface area contributed by atoms with Crippen molar-refractivity contribution in [2.24, 2.45) is 5.92 Å². The van der Waals surface area contributed by atoms with Gasteiger partial charge in [0.15, 0.2) is 0 Å². The molecule has 1 amide bonds. The summed E-state index contributed by atoms with van der Waals surface area (Å²) in [6.07, 6.45) is 17.3. The van der Waals surface area contributed by atoms with E-state index in [0.717, 1.165) is 12.8 Å². The van der Waals surface area contributed by atoms with Crippen LogP contribution in [-0.4, -0.2) is 24.5 Å². The average Bonchev–Trinajstić information content (AvgIpc) is 2.78. The van der Waals surface area contributed by atoms with E-state index in [4.69, 9.17) is 4.74 Å². The summed E-state index contributed by atoms with van der Waals surface area (Å²) in [4.78, 5) is 25.2. The fourth-order valence-electron chi connectivity index (χ4n) is 3.96. The number of carbonyl (C=O) groups is 2. The first kappa shape index (κ1) is 29.7. The summed E-state index contributed by atoms with van der Waals surface area (Å²) in [5.74, 6) is -0.313. The van der Waals surface area contributed by atoms with Gasteiger partial charge in [-0.3, -0.25) is 4.79 Å². The smallest absolute Gasteiger partial charge is 0.328 e. The number of carbonyl (C=O) groups excluding carboxylic acids is 2. The lowest BCUT2D eigenvalue weighted by Gasteiger charge is -2.20. The standard InChI is InChI=1S/C28H46BrNO3/c1-4-5-6-7-8-9-10-11-12-13-14-15-18-21-33-28(32)26(22-23(2)3)30-27(31)24-19-16-17-20-25(24)29/h16-17,19-20,23,26H,4-15,18,21-22H2,1-3H3,(H,30,31). The molecule has 1 aromatic rings. The van der Waals surface area contributed by atoms with Crippen LogP contribution in [0.1, 0.15) is 121 Å². The van der Waals surface area contributed by atoms with E-state index in [1.54, 1.807) is 6.07 Å². The Kier molecular flexibility index (Phi) is 17.1. The summed E-state index contributed by atoms with van der Waals surface area (Å²) in [5.41, 5.74) is 0.524. The lowest BCUT2D eigenvalue weighted by molar-refractivity contribution is -0.146. The number of amides is 1. The minimum absolute atomic E-state index is 0.258. The monoisotopic (exact) mass is 523 g/mol. The van der Waals surface area contributed by atoms with Gasteiger partial charge in [-0.2, -0.15) is 0 Å². The Morgan fingerprint density at radius 2 is 1.36 bits per heavy atom. The molecule has 0 aliphatic carbocycles. The first-order valence-corrected chi connectivity index (χ1v) is 14.0. The van der Waals surface area contributed by atoms with E-state index >= 15 is 0 Å². The van der Waals surface area contributed by atoms with Crippen LogP contribution in [0.2, 0.25) is 0 Å². The van der Waals surface area contributed by atoms with Crippen molar-refractivity contribution in [3.8, 4) is 0 Å². The van der Waals surface area contributed by atoms with Crippen molar-refractivity contribution in [3.63, 3.8) is 0 Å². The molecule has 1 unspecified atom stereocenters. The first-order chi connectivity index (χ1) is 16.0. The Labute approximate surface area is 210 Å². The molecule has 33 heavy (non-hydrogen) atoms. The topological polar surface area (TPSA) is 55.4 Å². The van der Waals surface area contributed by atoms with E-state index in [1.165, 1.54) is 70.6 Å². The van der Waals surface area contributed by atoms with Crippen LogP contribution in [0.4, 0.5) is 0 Å². The van der Waals surface area contributed by atoms with Gasteiger partial charge in [0.25, 0.3) is 5.91 Å². The quantitative estimate of drug-likeness (QED) is 0.147. The summed E-state index contributed by atoms with van der Waals surface area (Å²) in [6.45, 7) is 6.77. The molecule has 1 atom stereocenters. The van der Waals surface area contributed by atoms with Gasteiger partial charge in [0.1, 0.15) is 6.04 Å². The lowest BCUT2D eigenvalue weighted by atomic mass is 10.0. The van der Waals surface area contributed by atoms with Crippen LogP contribution in [0.3, 0.4) is 0 Å². The molecule has 5 heteroatoms. The second kappa shape index (κ2) is 19.0. The van der Waals surface area contributed by atoms with Gasteiger partial charge in [0, 0.05) is 4.47 Å². The van der Waals surface area contributed by atoms with E-state index in [2.05, 4.69) is 28.2 Å².